The highest BCUT2D eigenvalue weighted by molar-refractivity contribution is 5.81. The first-order valence-corrected chi connectivity index (χ1v) is 5.72. The van der Waals surface area contributed by atoms with E-state index in [1.165, 1.54) is 0 Å². The van der Waals surface area contributed by atoms with E-state index in [9.17, 15) is 9.59 Å². The minimum atomic E-state index is -0.807. The molecule has 2 fully saturated rings. The second-order valence-corrected chi connectivity index (χ2v) is 4.97. The van der Waals surface area contributed by atoms with Gasteiger partial charge in [-0.1, -0.05) is 0 Å². The quantitative estimate of drug-likeness (QED) is 0.637. The molecule has 2 unspecified atom stereocenters. The Kier molecular flexibility index (Phi) is 2.88. The van der Waals surface area contributed by atoms with Crippen molar-refractivity contribution in [1.82, 2.24) is 5.32 Å². The molecular formula is C11H17NO4. The molecule has 2 aliphatic carbocycles. The molecule has 5 heteroatoms. The molecule has 5 nitrogen and oxygen atoms in total. The van der Waals surface area contributed by atoms with Gasteiger partial charge in [-0.05, 0) is 32.1 Å². The standard InChI is InChI=1S/C11H17NO4/c13-6-11(3-4-11)12-9(14)7-1-2-8(5-7)10(15)16/h7-8,13H,1-6H2,(H,12,14)(H,15,16). The highest BCUT2D eigenvalue weighted by Gasteiger charge is 2.45. The minimum Gasteiger partial charge on any atom is -0.481 e. The predicted octanol–water partition coefficient (Wildman–Crippen LogP) is 0.128. The first-order chi connectivity index (χ1) is 7.56. The van der Waals surface area contributed by atoms with Gasteiger partial charge in [0.05, 0.1) is 18.1 Å². The van der Waals surface area contributed by atoms with Gasteiger partial charge < -0.3 is 15.5 Å². The molecule has 0 aromatic heterocycles. The third kappa shape index (κ3) is 2.19. The minimum absolute atomic E-state index is 0.0200. The Morgan fingerprint density at radius 1 is 1.25 bits per heavy atom. The van der Waals surface area contributed by atoms with Gasteiger partial charge in [0.2, 0.25) is 5.91 Å². The predicted molar refractivity (Wildman–Crippen MR) is 55.7 cm³/mol. The lowest BCUT2D eigenvalue weighted by Gasteiger charge is -2.17. The number of nitrogens with one attached hydrogen (secondary N) is 1. The highest BCUT2D eigenvalue weighted by atomic mass is 16.4. The molecule has 2 aliphatic rings. The summed E-state index contributed by atoms with van der Waals surface area (Å²) in [6, 6.07) is 0. The van der Waals surface area contributed by atoms with E-state index in [-0.39, 0.29) is 24.3 Å². The van der Waals surface area contributed by atoms with Crippen LogP contribution < -0.4 is 5.32 Å². The summed E-state index contributed by atoms with van der Waals surface area (Å²) in [6.45, 7) is -0.0200. The van der Waals surface area contributed by atoms with Crippen LogP contribution in [0, 0.1) is 11.8 Å². The normalized spacial score (nSPS) is 31.1. The Hall–Kier alpha value is -1.10. The number of hydrogen-bond acceptors (Lipinski definition) is 3. The third-order valence-corrected chi connectivity index (χ3v) is 3.70. The summed E-state index contributed by atoms with van der Waals surface area (Å²) in [4.78, 5) is 22.6. The number of aliphatic carboxylic acids is 1. The molecule has 0 saturated heterocycles. The molecule has 2 rings (SSSR count). The van der Waals surface area contributed by atoms with Crippen LogP contribution in [0.3, 0.4) is 0 Å². The molecule has 2 atom stereocenters. The molecule has 0 aromatic carbocycles. The van der Waals surface area contributed by atoms with Crippen molar-refractivity contribution in [2.75, 3.05) is 6.61 Å². The summed E-state index contributed by atoms with van der Waals surface area (Å²) in [5, 5.41) is 20.7. The van der Waals surface area contributed by atoms with Gasteiger partial charge in [-0.15, -0.1) is 0 Å². The monoisotopic (exact) mass is 227 g/mol. The number of rotatable bonds is 4. The highest BCUT2D eigenvalue weighted by Crippen LogP contribution is 2.37. The van der Waals surface area contributed by atoms with Crippen molar-refractivity contribution in [2.24, 2.45) is 11.8 Å². The van der Waals surface area contributed by atoms with Crippen molar-refractivity contribution in [3.8, 4) is 0 Å². The number of hydrogen-bond donors (Lipinski definition) is 3. The van der Waals surface area contributed by atoms with Gasteiger partial charge in [-0.25, -0.2) is 0 Å². The van der Waals surface area contributed by atoms with Crippen molar-refractivity contribution in [1.29, 1.82) is 0 Å². The van der Waals surface area contributed by atoms with Crippen LogP contribution in [-0.4, -0.2) is 34.2 Å². The van der Waals surface area contributed by atoms with Gasteiger partial charge in [-0.3, -0.25) is 9.59 Å². The lowest BCUT2D eigenvalue weighted by atomic mass is 10.0. The van der Waals surface area contributed by atoms with E-state index >= 15 is 0 Å². The summed E-state index contributed by atoms with van der Waals surface area (Å²) in [5.74, 6) is -1.46. The average molecular weight is 227 g/mol. The van der Waals surface area contributed by atoms with Gasteiger partial charge in [0.1, 0.15) is 0 Å². The van der Waals surface area contributed by atoms with E-state index in [0.717, 1.165) is 12.8 Å². The van der Waals surface area contributed by atoms with Crippen molar-refractivity contribution < 1.29 is 19.8 Å². The van der Waals surface area contributed by atoms with Crippen molar-refractivity contribution in [3.05, 3.63) is 0 Å². The van der Waals surface area contributed by atoms with Crippen LogP contribution in [0.25, 0.3) is 0 Å². The van der Waals surface area contributed by atoms with E-state index in [4.69, 9.17) is 10.2 Å². The van der Waals surface area contributed by atoms with E-state index in [2.05, 4.69) is 5.32 Å². The zero-order chi connectivity index (χ0) is 11.8. The zero-order valence-corrected chi connectivity index (χ0v) is 9.11. The fourth-order valence-corrected chi connectivity index (χ4v) is 2.28. The molecule has 0 spiro atoms. The number of aliphatic hydroxyl groups is 1. The molecule has 3 N–H and O–H groups in total. The van der Waals surface area contributed by atoms with Crippen LogP contribution in [-0.2, 0) is 9.59 Å². The molecule has 0 heterocycles. The Labute approximate surface area is 93.8 Å². The SMILES string of the molecule is O=C(O)C1CCC(C(=O)NC2(CO)CC2)C1. The number of carboxylic acids is 1. The van der Waals surface area contributed by atoms with Gasteiger partial charge in [-0.2, -0.15) is 0 Å². The molecular weight excluding hydrogens is 210 g/mol. The molecule has 1 amide bonds. The average Bonchev–Trinajstić information content (AvgIpc) is 2.83. The van der Waals surface area contributed by atoms with E-state index in [1.54, 1.807) is 0 Å². The number of carbonyl (C=O) groups is 2. The Morgan fingerprint density at radius 3 is 2.31 bits per heavy atom. The molecule has 0 bridgehead atoms. The fraction of sp³-hybridized carbons (Fsp3) is 0.818. The van der Waals surface area contributed by atoms with E-state index in [1.807, 2.05) is 0 Å². The topological polar surface area (TPSA) is 86.6 Å². The molecule has 2 saturated carbocycles. The lowest BCUT2D eigenvalue weighted by Crippen LogP contribution is -2.42. The first-order valence-electron chi connectivity index (χ1n) is 5.72. The Morgan fingerprint density at radius 2 is 1.88 bits per heavy atom. The molecule has 0 radical (unpaired) electrons. The van der Waals surface area contributed by atoms with Gasteiger partial charge >= 0.3 is 5.97 Å². The van der Waals surface area contributed by atoms with Crippen LogP contribution in [0.4, 0.5) is 0 Å². The Balaban J connectivity index is 1.85. The van der Waals surface area contributed by atoms with Gasteiger partial charge in [0.15, 0.2) is 0 Å². The van der Waals surface area contributed by atoms with Gasteiger partial charge in [0, 0.05) is 5.92 Å². The second kappa shape index (κ2) is 4.05. The van der Waals surface area contributed by atoms with Crippen LogP contribution in [0.5, 0.6) is 0 Å². The van der Waals surface area contributed by atoms with E-state index in [0.29, 0.717) is 19.3 Å². The lowest BCUT2D eigenvalue weighted by molar-refractivity contribution is -0.141. The summed E-state index contributed by atoms with van der Waals surface area (Å²) >= 11 is 0. The maximum atomic E-state index is 11.8. The van der Waals surface area contributed by atoms with Crippen molar-refractivity contribution in [3.63, 3.8) is 0 Å². The second-order valence-electron chi connectivity index (χ2n) is 4.97. The number of carboxylic acid groups (broad SMARTS) is 1. The van der Waals surface area contributed by atoms with E-state index < -0.39 is 11.5 Å². The molecule has 0 aliphatic heterocycles. The van der Waals surface area contributed by atoms with Crippen molar-refractivity contribution in [2.45, 2.75) is 37.6 Å². The summed E-state index contributed by atoms with van der Waals surface area (Å²) in [5.41, 5.74) is -0.390. The molecule has 90 valence electrons. The van der Waals surface area contributed by atoms with Crippen LogP contribution >= 0.6 is 0 Å². The largest absolute Gasteiger partial charge is 0.481 e. The summed E-state index contributed by atoms with van der Waals surface area (Å²) < 4.78 is 0. The summed E-state index contributed by atoms with van der Waals surface area (Å²) in [6.07, 6.45) is 3.31. The number of carbonyl (C=O) groups excluding carboxylic acids is 1. The van der Waals surface area contributed by atoms with Crippen LogP contribution in [0.2, 0.25) is 0 Å². The fourth-order valence-electron chi connectivity index (χ4n) is 2.28. The smallest absolute Gasteiger partial charge is 0.306 e. The van der Waals surface area contributed by atoms with Crippen molar-refractivity contribution >= 4 is 11.9 Å². The van der Waals surface area contributed by atoms with Crippen LogP contribution in [0.15, 0.2) is 0 Å². The Bertz CT molecular complexity index is 311. The maximum Gasteiger partial charge on any atom is 0.306 e. The number of aliphatic hydroxyl groups excluding tert-OH is 1. The molecule has 16 heavy (non-hydrogen) atoms. The van der Waals surface area contributed by atoms with Gasteiger partial charge in [0.25, 0.3) is 0 Å². The zero-order valence-electron chi connectivity index (χ0n) is 9.11. The van der Waals surface area contributed by atoms with Crippen LogP contribution in [0.1, 0.15) is 32.1 Å². The first kappa shape index (κ1) is 11.4. The molecule has 0 aromatic rings. The summed E-state index contributed by atoms with van der Waals surface area (Å²) in [7, 11) is 0. The third-order valence-electron chi connectivity index (χ3n) is 3.70. The number of amides is 1. The maximum absolute atomic E-state index is 11.8.